The number of aromatic nitrogens is 2. The van der Waals surface area contributed by atoms with Crippen LogP contribution in [0.4, 0.5) is 5.82 Å². The topological polar surface area (TPSA) is 79.9 Å². The third-order valence-electron chi connectivity index (χ3n) is 3.02. The molecule has 0 unspecified atom stereocenters. The third-order valence-corrected chi connectivity index (χ3v) is 3.28. The summed E-state index contributed by atoms with van der Waals surface area (Å²) < 4.78 is 7.12. The van der Waals surface area contributed by atoms with Gasteiger partial charge in [0.25, 0.3) is 5.91 Å². The second kappa shape index (κ2) is 6.08. The van der Waals surface area contributed by atoms with Gasteiger partial charge >= 0.3 is 0 Å². The summed E-state index contributed by atoms with van der Waals surface area (Å²) in [6, 6.07) is 8.70. The zero-order valence-electron chi connectivity index (χ0n) is 12.4. The quantitative estimate of drug-likeness (QED) is 0.940. The maximum Gasteiger partial charge on any atom is 0.269 e. The number of aryl methyl sites for hydroxylation is 1. The van der Waals surface area contributed by atoms with Crippen LogP contribution in [0.25, 0.3) is 0 Å². The van der Waals surface area contributed by atoms with Crippen LogP contribution >= 0.6 is 11.6 Å². The highest BCUT2D eigenvalue weighted by Crippen LogP contribution is 2.22. The van der Waals surface area contributed by atoms with Crippen LogP contribution in [0.2, 0.25) is 5.02 Å². The van der Waals surface area contributed by atoms with E-state index in [-0.39, 0.29) is 11.5 Å². The number of anilines is 1. The first-order valence-corrected chi connectivity index (χ1v) is 6.89. The van der Waals surface area contributed by atoms with Crippen molar-refractivity contribution in [3.63, 3.8) is 0 Å². The highest BCUT2D eigenvalue weighted by molar-refractivity contribution is 6.30. The number of hydrogen-bond acceptors (Lipinski definition) is 4. The van der Waals surface area contributed by atoms with Crippen molar-refractivity contribution in [2.75, 3.05) is 5.32 Å². The molecule has 0 radical (unpaired) electrons. The van der Waals surface area contributed by atoms with Gasteiger partial charge in [0.2, 0.25) is 0 Å². The molecule has 0 bridgehead atoms. The molecule has 22 heavy (non-hydrogen) atoms. The van der Waals surface area contributed by atoms with Crippen molar-refractivity contribution >= 4 is 23.3 Å². The number of amides is 1. The molecule has 0 aliphatic heterocycles. The van der Waals surface area contributed by atoms with E-state index in [2.05, 4.69) is 10.4 Å². The Balaban J connectivity index is 2.15. The number of ether oxygens (including phenoxy) is 1. The van der Waals surface area contributed by atoms with Crippen LogP contribution < -0.4 is 10.1 Å². The van der Waals surface area contributed by atoms with Crippen LogP contribution in [0.3, 0.4) is 0 Å². The first-order valence-electron chi connectivity index (χ1n) is 6.51. The summed E-state index contributed by atoms with van der Waals surface area (Å²) in [5, 5.41) is 16.2. The summed E-state index contributed by atoms with van der Waals surface area (Å²) in [4.78, 5) is 12.4. The van der Waals surface area contributed by atoms with E-state index in [0.717, 1.165) is 0 Å². The van der Waals surface area contributed by atoms with E-state index in [1.807, 2.05) is 6.07 Å². The molecule has 1 aromatic heterocycles. The molecule has 0 aliphatic rings. The number of carbonyl (C=O) groups is 1. The lowest BCUT2D eigenvalue weighted by Gasteiger charge is -2.25. The minimum atomic E-state index is -1.13. The largest absolute Gasteiger partial charge is 0.478 e. The Morgan fingerprint density at radius 2 is 2.05 bits per heavy atom. The number of nitrogens with zero attached hydrogens (tertiary/aromatic N) is 3. The average Bonchev–Trinajstić information content (AvgIpc) is 2.82. The Bertz CT molecular complexity index is 729. The smallest absolute Gasteiger partial charge is 0.269 e. The molecule has 1 aromatic carbocycles. The molecule has 1 N–H and O–H groups in total. The second-order valence-corrected chi connectivity index (χ2v) is 5.60. The number of rotatable bonds is 4. The Labute approximate surface area is 133 Å². The number of benzene rings is 1. The SMILES string of the molecule is Cn1ncc(C#N)c1NC(=O)C(C)(C)Oc1ccc(Cl)cc1. The summed E-state index contributed by atoms with van der Waals surface area (Å²) in [6.07, 6.45) is 1.39. The molecular weight excluding hydrogens is 304 g/mol. The normalized spacial score (nSPS) is 10.9. The van der Waals surface area contributed by atoms with Gasteiger partial charge < -0.3 is 10.1 Å². The van der Waals surface area contributed by atoms with E-state index >= 15 is 0 Å². The lowest BCUT2D eigenvalue weighted by atomic mass is 10.1. The molecule has 0 atom stereocenters. The minimum absolute atomic E-state index is 0.290. The van der Waals surface area contributed by atoms with Gasteiger partial charge in [0.1, 0.15) is 23.2 Å². The molecule has 6 nitrogen and oxygen atoms in total. The summed E-state index contributed by atoms with van der Waals surface area (Å²) in [5.41, 5.74) is -0.844. The van der Waals surface area contributed by atoms with Crippen LogP contribution in [-0.4, -0.2) is 21.3 Å². The van der Waals surface area contributed by atoms with Gasteiger partial charge in [-0.15, -0.1) is 0 Å². The van der Waals surface area contributed by atoms with Crippen LogP contribution in [0.5, 0.6) is 5.75 Å². The molecule has 1 amide bonds. The van der Waals surface area contributed by atoms with Crippen molar-refractivity contribution in [1.82, 2.24) is 9.78 Å². The van der Waals surface area contributed by atoms with Crippen molar-refractivity contribution in [1.29, 1.82) is 5.26 Å². The zero-order chi connectivity index (χ0) is 16.3. The van der Waals surface area contributed by atoms with Gasteiger partial charge in [0, 0.05) is 12.1 Å². The fourth-order valence-corrected chi connectivity index (χ4v) is 1.90. The van der Waals surface area contributed by atoms with E-state index < -0.39 is 5.60 Å². The molecule has 2 rings (SSSR count). The molecule has 0 saturated heterocycles. The highest BCUT2D eigenvalue weighted by Gasteiger charge is 2.31. The van der Waals surface area contributed by atoms with Gasteiger partial charge in [-0.3, -0.25) is 9.48 Å². The van der Waals surface area contributed by atoms with E-state index in [4.69, 9.17) is 21.6 Å². The van der Waals surface area contributed by atoms with Crippen LogP contribution in [0.15, 0.2) is 30.5 Å². The van der Waals surface area contributed by atoms with E-state index in [9.17, 15) is 4.79 Å². The summed E-state index contributed by atoms with van der Waals surface area (Å²) in [7, 11) is 1.64. The minimum Gasteiger partial charge on any atom is -0.478 e. The molecule has 0 aliphatic carbocycles. The number of nitrogens with one attached hydrogen (secondary N) is 1. The summed E-state index contributed by atoms with van der Waals surface area (Å²) in [5.74, 6) is 0.470. The van der Waals surface area contributed by atoms with E-state index in [1.165, 1.54) is 10.9 Å². The van der Waals surface area contributed by atoms with E-state index in [1.54, 1.807) is 45.2 Å². The molecule has 0 spiro atoms. The Kier molecular flexibility index (Phi) is 4.38. The van der Waals surface area contributed by atoms with Crippen molar-refractivity contribution < 1.29 is 9.53 Å². The Hall–Kier alpha value is -2.52. The first kappa shape index (κ1) is 15.9. The molecule has 0 fully saturated rings. The predicted octanol–water partition coefficient (Wildman–Crippen LogP) is 2.74. The Morgan fingerprint density at radius 1 is 1.41 bits per heavy atom. The van der Waals surface area contributed by atoms with Gasteiger partial charge in [-0.2, -0.15) is 10.4 Å². The van der Waals surface area contributed by atoms with Gasteiger partial charge in [-0.1, -0.05) is 11.6 Å². The van der Waals surface area contributed by atoms with Gasteiger partial charge in [-0.05, 0) is 38.1 Å². The maximum absolute atomic E-state index is 12.4. The van der Waals surface area contributed by atoms with Crippen LogP contribution in [-0.2, 0) is 11.8 Å². The Morgan fingerprint density at radius 3 is 2.64 bits per heavy atom. The fourth-order valence-electron chi connectivity index (χ4n) is 1.77. The predicted molar refractivity (Wildman–Crippen MR) is 82.7 cm³/mol. The second-order valence-electron chi connectivity index (χ2n) is 5.16. The highest BCUT2D eigenvalue weighted by atomic mass is 35.5. The molecule has 2 aromatic rings. The molecule has 114 valence electrons. The number of carbonyl (C=O) groups excluding carboxylic acids is 1. The van der Waals surface area contributed by atoms with Crippen molar-refractivity contribution in [2.24, 2.45) is 7.05 Å². The van der Waals surface area contributed by atoms with Crippen LogP contribution in [0.1, 0.15) is 19.4 Å². The van der Waals surface area contributed by atoms with Crippen molar-refractivity contribution in [2.45, 2.75) is 19.4 Å². The number of halogens is 1. The van der Waals surface area contributed by atoms with Gasteiger partial charge in [0.15, 0.2) is 5.60 Å². The van der Waals surface area contributed by atoms with Gasteiger partial charge in [0.05, 0.1) is 6.20 Å². The monoisotopic (exact) mass is 318 g/mol. The summed E-state index contributed by atoms with van der Waals surface area (Å²) >= 11 is 5.82. The van der Waals surface area contributed by atoms with Crippen molar-refractivity contribution in [3.05, 3.63) is 41.0 Å². The molecule has 0 saturated carbocycles. The standard InChI is InChI=1S/C15H15ClN4O2/c1-15(2,22-12-6-4-11(16)5-7-12)14(21)19-13-10(8-17)9-18-20(13)3/h4-7,9H,1-3H3,(H,19,21). The number of nitriles is 1. The fraction of sp³-hybridized carbons (Fsp3) is 0.267. The average molecular weight is 319 g/mol. The number of hydrogen-bond donors (Lipinski definition) is 1. The lowest BCUT2D eigenvalue weighted by Crippen LogP contribution is -2.43. The maximum atomic E-state index is 12.4. The van der Waals surface area contributed by atoms with Crippen molar-refractivity contribution in [3.8, 4) is 11.8 Å². The lowest BCUT2D eigenvalue weighted by molar-refractivity contribution is -0.128. The first-order chi connectivity index (χ1) is 10.3. The third kappa shape index (κ3) is 3.38. The molecular formula is C15H15ClN4O2. The van der Waals surface area contributed by atoms with E-state index in [0.29, 0.717) is 16.6 Å². The molecule has 1 heterocycles. The molecule has 7 heteroatoms. The zero-order valence-corrected chi connectivity index (χ0v) is 13.2. The van der Waals surface area contributed by atoms with Gasteiger partial charge in [-0.25, -0.2) is 0 Å². The van der Waals surface area contributed by atoms with Crippen LogP contribution in [0, 0.1) is 11.3 Å². The summed E-state index contributed by atoms with van der Waals surface area (Å²) in [6.45, 7) is 3.28.